The average molecular weight is 383 g/mol. The number of nitrogens with one attached hydrogen (secondary N) is 1. The molecule has 1 atom stereocenters. The summed E-state index contributed by atoms with van der Waals surface area (Å²) in [5.41, 5.74) is -0.0684. The van der Waals surface area contributed by atoms with E-state index in [-0.39, 0.29) is 11.3 Å². The molecule has 0 radical (unpaired) electrons. The molecule has 1 N–H and O–H groups in total. The van der Waals surface area contributed by atoms with Gasteiger partial charge in [-0.25, -0.2) is 0 Å². The van der Waals surface area contributed by atoms with Gasteiger partial charge in [0, 0.05) is 30.8 Å². The largest absolute Gasteiger partial charge is 0.379 e. The smallest absolute Gasteiger partial charge is 0.270 e. The Morgan fingerprint density at radius 1 is 1.35 bits per heavy atom. The summed E-state index contributed by atoms with van der Waals surface area (Å²) in [5, 5.41) is 13.4. The highest BCUT2D eigenvalue weighted by Gasteiger charge is 2.39. The predicted octanol–water partition coefficient (Wildman–Crippen LogP) is 2.35. The minimum Gasteiger partial charge on any atom is -0.379 e. The normalized spacial score (nSPS) is 17.5. The monoisotopic (exact) mass is 381 g/mol. The molecule has 0 unspecified atom stereocenters. The number of morpholine rings is 1. The summed E-state index contributed by atoms with van der Waals surface area (Å²) < 4.78 is 3.48. The number of amides is 1. The predicted molar refractivity (Wildman–Crippen MR) is 87.0 cm³/mol. The second kappa shape index (κ2) is 7.63. The molecule has 0 saturated carbocycles. The number of carbonyl (C=O) groups is 1. The van der Waals surface area contributed by atoms with E-state index in [2.05, 4.69) is 5.32 Å². The first-order valence-electron chi connectivity index (χ1n) is 6.73. The molecular weight excluding hydrogens is 369 g/mol. The van der Waals surface area contributed by atoms with Crippen LogP contribution in [0.15, 0.2) is 24.3 Å². The molecule has 0 aliphatic carbocycles. The minimum absolute atomic E-state index is 0.117. The number of ether oxygens (including phenoxy) is 1. The first-order chi connectivity index (χ1) is 10.8. The van der Waals surface area contributed by atoms with E-state index < -0.39 is 20.8 Å². The zero-order valence-electron chi connectivity index (χ0n) is 11.9. The van der Waals surface area contributed by atoms with Crippen LogP contribution in [0.5, 0.6) is 0 Å². The summed E-state index contributed by atoms with van der Waals surface area (Å²) in [6, 6.07) is 5.35. The van der Waals surface area contributed by atoms with Gasteiger partial charge < -0.3 is 10.1 Å². The van der Waals surface area contributed by atoms with E-state index >= 15 is 0 Å². The molecule has 1 aromatic carbocycles. The number of benzene rings is 1. The van der Waals surface area contributed by atoms with E-state index in [4.69, 9.17) is 39.5 Å². The molecule has 0 spiro atoms. The lowest BCUT2D eigenvalue weighted by molar-refractivity contribution is -0.384. The third kappa shape index (κ3) is 4.92. The maximum atomic E-state index is 12.4. The lowest BCUT2D eigenvalue weighted by atomic mass is 10.2. The zero-order chi connectivity index (χ0) is 17.0. The Morgan fingerprint density at radius 3 is 2.57 bits per heavy atom. The topological polar surface area (TPSA) is 84.7 Å². The molecule has 0 aromatic heterocycles. The Bertz CT molecular complexity index is 588. The van der Waals surface area contributed by atoms with Crippen LogP contribution in [0.3, 0.4) is 0 Å². The Balaban J connectivity index is 2.17. The van der Waals surface area contributed by atoms with Crippen molar-refractivity contribution in [2.75, 3.05) is 26.3 Å². The van der Waals surface area contributed by atoms with Gasteiger partial charge in [-0.3, -0.25) is 19.8 Å². The molecule has 1 amide bonds. The molecule has 0 bridgehead atoms. The number of hydrogen-bond donors (Lipinski definition) is 1. The van der Waals surface area contributed by atoms with Crippen LogP contribution in [0.4, 0.5) is 5.69 Å². The second-order valence-electron chi connectivity index (χ2n) is 4.87. The molecular formula is C13H14Cl3N3O4. The summed E-state index contributed by atoms with van der Waals surface area (Å²) in [4.78, 5) is 24.3. The molecule has 23 heavy (non-hydrogen) atoms. The molecule has 1 fully saturated rings. The van der Waals surface area contributed by atoms with E-state index in [1.165, 1.54) is 24.3 Å². The van der Waals surface area contributed by atoms with Crippen molar-refractivity contribution in [3.8, 4) is 0 Å². The first-order valence-corrected chi connectivity index (χ1v) is 7.86. The van der Waals surface area contributed by atoms with Crippen molar-refractivity contribution < 1.29 is 14.5 Å². The summed E-state index contributed by atoms with van der Waals surface area (Å²) >= 11 is 17.9. The Hall–Kier alpha value is -1.12. The number of nitro groups is 1. The average Bonchev–Trinajstić information content (AvgIpc) is 2.52. The van der Waals surface area contributed by atoms with Crippen molar-refractivity contribution in [2.45, 2.75) is 9.96 Å². The van der Waals surface area contributed by atoms with Crippen molar-refractivity contribution in [3.63, 3.8) is 0 Å². The van der Waals surface area contributed by atoms with Crippen molar-refractivity contribution in [1.82, 2.24) is 10.2 Å². The SMILES string of the molecule is O=C(N[C@H](N1CCOCC1)C(Cl)(Cl)Cl)c1cccc([N+](=O)[O-])c1. The Kier molecular flexibility index (Phi) is 6.05. The fourth-order valence-corrected chi connectivity index (χ4v) is 2.76. The standard InChI is InChI=1S/C13H14Cl3N3O4/c14-13(15,16)12(18-4-6-23-7-5-18)17-11(20)9-2-1-3-10(8-9)19(21)22/h1-3,8,12H,4-7H2,(H,17,20)/t12-/m1/s1. The summed E-state index contributed by atoms with van der Waals surface area (Å²) in [7, 11) is 0. The van der Waals surface area contributed by atoms with Crippen molar-refractivity contribution >= 4 is 46.4 Å². The van der Waals surface area contributed by atoms with Gasteiger partial charge in [0.25, 0.3) is 11.6 Å². The van der Waals surface area contributed by atoms with E-state index in [1.54, 1.807) is 4.90 Å². The molecule has 1 aliphatic heterocycles. The molecule has 7 nitrogen and oxygen atoms in total. The van der Waals surface area contributed by atoms with Gasteiger partial charge in [-0.2, -0.15) is 0 Å². The van der Waals surface area contributed by atoms with Gasteiger partial charge in [0.1, 0.15) is 6.17 Å². The highest BCUT2D eigenvalue weighted by molar-refractivity contribution is 6.68. The first kappa shape index (κ1) is 18.2. The Labute approximate surface area is 147 Å². The van der Waals surface area contributed by atoms with Crippen LogP contribution in [0.1, 0.15) is 10.4 Å². The number of alkyl halides is 3. The number of hydrogen-bond acceptors (Lipinski definition) is 5. The van der Waals surface area contributed by atoms with Crippen LogP contribution < -0.4 is 5.32 Å². The number of carbonyl (C=O) groups excluding carboxylic acids is 1. The Morgan fingerprint density at radius 2 is 2.00 bits per heavy atom. The minimum atomic E-state index is -1.76. The van der Waals surface area contributed by atoms with Crippen LogP contribution in [0.25, 0.3) is 0 Å². The van der Waals surface area contributed by atoms with Gasteiger partial charge >= 0.3 is 0 Å². The van der Waals surface area contributed by atoms with Crippen LogP contribution in [-0.2, 0) is 4.74 Å². The van der Waals surface area contributed by atoms with Crippen molar-refractivity contribution in [1.29, 1.82) is 0 Å². The molecule has 1 aromatic rings. The second-order valence-corrected chi connectivity index (χ2v) is 7.24. The third-order valence-corrected chi connectivity index (χ3v) is 3.93. The fourth-order valence-electron chi connectivity index (χ4n) is 2.18. The van der Waals surface area contributed by atoms with Crippen molar-refractivity contribution in [2.24, 2.45) is 0 Å². The quantitative estimate of drug-likeness (QED) is 0.491. The number of halogens is 3. The lowest BCUT2D eigenvalue weighted by Crippen LogP contribution is -2.58. The van der Waals surface area contributed by atoms with Crippen LogP contribution in [0.2, 0.25) is 0 Å². The van der Waals surface area contributed by atoms with Gasteiger partial charge in [0.05, 0.1) is 18.1 Å². The maximum Gasteiger partial charge on any atom is 0.270 e. The van der Waals surface area contributed by atoms with Gasteiger partial charge in [0.15, 0.2) is 0 Å². The van der Waals surface area contributed by atoms with E-state index in [1.807, 2.05) is 0 Å². The summed E-state index contributed by atoms with van der Waals surface area (Å²) in [5.74, 6) is -0.559. The van der Waals surface area contributed by atoms with Gasteiger partial charge in [-0.15, -0.1) is 0 Å². The van der Waals surface area contributed by atoms with Gasteiger partial charge in [-0.1, -0.05) is 40.9 Å². The molecule has 10 heteroatoms. The van der Waals surface area contributed by atoms with Gasteiger partial charge in [-0.05, 0) is 6.07 Å². The lowest BCUT2D eigenvalue weighted by Gasteiger charge is -2.38. The van der Waals surface area contributed by atoms with Crippen molar-refractivity contribution in [3.05, 3.63) is 39.9 Å². The van der Waals surface area contributed by atoms with Crippen LogP contribution in [0, 0.1) is 10.1 Å². The molecule has 1 saturated heterocycles. The molecule has 126 valence electrons. The molecule has 2 rings (SSSR count). The number of nitrogens with zero attached hydrogens (tertiary/aromatic N) is 2. The van der Waals surface area contributed by atoms with E-state index in [9.17, 15) is 14.9 Å². The fraction of sp³-hybridized carbons (Fsp3) is 0.462. The number of rotatable bonds is 4. The highest BCUT2D eigenvalue weighted by Crippen LogP contribution is 2.32. The van der Waals surface area contributed by atoms with Gasteiger partial charge in [0.2, 0.25) is 3.79 Å². The van der Waals surface area contributed by atoms with E-state index in [0.29, 0.717) is 26.3 Å². The van der Waals surface area contributed by atoms with Crippen LogP contribution >= 0.6 is 34.8 Å². The summed E-state index contributed by atoms with van der Waals surface area (Å²) in [6.45, 7) is 1.91. The van der Waals surface area contributed by atoms with Crippen LogP contribution in [-0.4, -0.2) is 52.0 Å². The highest BCUT2D eigenvalue weighted by atomic mass is 35.6. The molecule has 1 heterocycles. The van der Waals surface area contributed by atoms with E-state index in [0.717, 1.165) is 0 Å². The molecule has 1 aliphatic rings. The number of nitro benzene ring substituents is 1. The number of non-ortho nitro benzene ring substituents is 1. The zero-order valence-corrected chi connectivity index (χ0v) is 14.1. The third-order valence-electron chi connectivity index (χ3n) is 3.31. The maximum absolute atomic E-state index is 12.4. The summed E-state index contributed by atoms with van der Waals surface area (Å²) in [6.07, 6.45) is -0.872.